The summed E-state index contributed by atoms with van der Waals surface area (Å²) in [7, 11) is 1.65. The standard InChI is InChI=1S/C18H24N4O2/c1-23-14-18-20-9-15(10-21-18)11-22(13-17-6-4-8-24-17)12-16-5-2-3-7-19-16/h2-3,5,7,9-10,17H,4,6,8,11-14H2,1H3/t17-/m0/s1. The Hall–Kier alpha value is -1.89. The molecular formula is C18H24N4O2. The second kappa shape index (κ2) is 8.82. The van der Waals surface area contributed by atoms with Crippen molar-refractivity contribution >= 4 is 0 Å². The third kappa shape index (κ3) is 5.06. The lowest BCUT2D eigenvalue weighted by Crippen LogP contribution is -2.31. The minimum Gasteiger partial charge on any atom is -0.377 e. The van der Waals surface area contributed by atoms with E-state index in [1.54, 1.807) is 7.11 Å². The van der Waals surface area contributed by atoms with E-state index >= 15 is 0 Å². The Morgan fingerprint density at radius 2 is 2.08 bits per heavy atom. The summed E-state index contributed by atoms with van der Waals surface area (Å²) in [4.78, 5) is 15.5. The van der Waals surface area contributed by atoms with Crippen LogP contribution in [0.5, 0.6) is 0 Å². The summed E-state index contributed by atoms with van der Waals surface area (Å²) in [5, 5.41) is 0. The molecule has 6 heteroatoms. The average molecular weight is 328 g/mol. The third-order valence-corrected chi connectivity index (χ3v) is 4.04. The van der Waals surface area contributed by atoms with E-state index in [1.165, 1.54) is 0 Å². The number of pyridine rings is 1. The molecule has 2 aromatic rings. The molecule has 0 aliphatic carbocycles. The van der Waals surface area contributed by atoms with Crippen LogP contribution in [0.25, 0.3) is 0 Å². The van der Waals surface area contributed by atoms with Crippen molar-refractivity contribution in [1.29, 1.82) is 0 Å². The normalized spacial score (nSPS) is 17.5. The van der Waals surface area contributed by atoms with Gasteiger partial charge in [-0.15, -0.1) is 0 Å². The van der Waals surface area contributed by atoms with Gasteiger partial charge in [-0.25, -0.2) is 9.97 Å². The minimum atomic E-state index is 0.308. The van der Waals surface area contributed by atoms with Gasteiger partial charge in [0.05, 0.1) is 11.8 Å². The number of hydrogen-bond acceptors (Lipinski definition) is 6. The van der Waals surface area contributed by atoms with Crippen molar-refractivity contribution < 1.29 is 9.47 Å². The monoisotopic (exact) mass is 328 g/mol. The fourth-order valence-electron chi connectivity index (χ4n) is 2.91. The predicted octanol–water partition coefficient (Wildman–Crippen LogP) is 2.20. The lowest BCUT2D eigenvalue weighted by molar-refractivity contribution is 0.0674. The Kier molecular flexibility index (Phi) is 6.23. The highest BCUT2D eigenvalue weighted by Gasteiger charge is 2.20. The lowest BCUT2D eigenvalue weighted by atomic mass is 10.2. The molecule has 1 fully saturated rings. The Morgan fingerprint density at radius 3 is 2.75 bits per heavy atom. The van der Waals surface area contributed by atoms with Crippen LogP contribution < -0.4 is 0 Å². The van der Waals surface area contributed by atoms with Crippen molar-refractivity contribution in [3.05, 3.63) is 53.9 Å². The van der Waals surface area contributed by atoms with Gasteiger partial charge in [-0.2, -0.15) is 0 Å². The summed E-state index contributed by atoms with van der Waals surface area (Å²) in [6.45, 7) is 3.78. The van der Waals surface area contributed by atoms with Crippen LogP contribution >= 0.6 is 0 Å². The first-order chi connectivity index (χ1) is 11.8. The molecule has 24 heavy (non-hydrogen) atoms. The van der Waals surface area contributed by atoms with Crippen LogP contribution in [-0.4, -0.2) is 46.2 Å². The zero-order chi connectivity index (χ0) is 16.6. The highest BCUT2D eigenvalue weighted by atomic mass is 16.5. The molecule has 1 saturated heterocycles. The second-order valence-corrected chi connectivity index (χ2v) is 6.07. The largest absolute Gasteiger partial charge is 0.377 e. The predicted molar refractivity (Wildman–Crippen MR) is 90.1 cm³/mol. The molecule has 1 aliphatic rings. The van der Waals surface area contributed by atoms with Crippen LogP contribution in [0.3, 0.4) is 0 Å². The van der Waals surface area contributed by atoms with Crippen molar-refractivity contribution in [2.45, 2.75) is 38.6 Å². The summed E-state index contributed by atoms with van der Waals surface area (Å²) in [5.74, 6) is 0.705. The summed E-state index contributed by atoms with van der Waals surface area (Å²) < 4.78 is 10.9. The van der Waals surface area contributed by atoms with E-state index < -0.39 is 0 Å². The number of aromatic nitrogens is 3. The van der Waals surface area contributed by atoms with E-state index in [9.17, 15) is 0 Å². The SMILES string of the molecule is COCc1ncc(CN(Cc2ccccn2)C[C@@H]2CCCO2)cn1. The van der Waals surface area contributed by atoms with Crippen molar-refractivity contribution in [2.75, 3.05) is 20.3 Å². The molecule has 128 valence electrons. The van der Waals surface area contributed by atoms with E-state index in [2.05, 4.69) is 25.9 Å². The maximum atomic E-state index is 5.80. The van der Waals surface area contributed by atoms with Gasteiger partial charge < -0.3 is 9.47 Å². The van der Waals surface area contributed by atoms with Crippen LogP contribution in [0, 0.1) is 0 Å². The van der Waals surface area contributed by atoms with Crippen LogP contribution in [0.1, 0.15) is 29.9 Å². The van der Waals surface area contributed by atoms with Crippen LogP contribution in [0.2, 0.25) is 0 Å². The maximum absolute atomic E-state index is 5.80. The molecule has 3 rings (SSSR count). The van der Waals surface area contributed by atoms with Crippen LogP contribution in [-0.2, 0) is 29.2 Å². The van der Waals surface area contributed by atoms with Crippen LogP contribution in [0.15, 0.2) is 36.8 Å². The summed E-state index contributed by atoms with van der Waals surface area (Å²) in [6.07, 6.45) is 8.17. The lowest BCUT2D eigenvalue weighted by Gasteiger charge is -2.24. The molecule has 0 saturated carbocycles. The molecular weight excluding hydrogens is 304 g/mol. The topological polar surface area (TPSA) is 60.4 Å². The highest BCUT2D eigenvalue weighted by molar-refractivity contribution is 5.07. The van der Waals surface area contributed by atoms with Crippen molar-refractivity contribution in [2.24, 2.45) is 0 Å². The number of ether oxygens (including phenoxy) is 2. The Morgan fingerprint density at radius 1 is 1.21 bits per heavy atom. The van der Waals surface area contributed by atoms with Gasteiger partial charge in [0.2, 0.25) is 0 Å². The van der Waals surface area contributed by atoms with Crippen molar-refractivity contribution in [3.8, 4) is 0 Å². The molecule has 0 spiro atoms. The van der Waals surface area contributed by atoms with Gasteiger partial charge in [0.25, 0.3) is 0 Å². The molecule has 0 N–H and O–H groups in total. The quantitative estimate of drug-likeness (QED) is 0.740. The van der Waals surface area contributed by atoms with Gasteiger partial charge in [-0.3, -0.25) is 9.88 Å². The van der Waals surface area contributed by atoms with Crippen LogP contribution in [0.4, 0.5) is 0 Å². The van der Waals surface area contributed by atoms with Crippen molar-refractivity contribution in [3.63, 3.8) is 0 Å². The zero-order valence-electron chi connectivity index (χ0n) is 14.1. The zero-order valence-corrected chi connectivity index (χ0v) is 14.1. The van der Waals surface area contributed by atoms with Crippen molar-refractivity contribution in [1.82, 2.24) is 19.9 Å². The first-order valence-corrected chi connectivity index (χ1v) is 8.36. The summed E-state index contributed by atoms with van der Waals surface area (Å²) in [6, 6.07) is 6.02. The molecule has 0 aromatic carbocycles. The van der Waals surface area contributed by atoms with Gasteiger partial charge >= 0.3 is 0 Å². The molecule has 0 bridgehead atoms. The fourth-order valence-corrected chi connectivity index (χ4v) is 2.91. The number of hydrogen-bond donors (Lipinski definition) is 0. The molecule has 2 aromatic heterocycles. The Bertz CT molecular complexity index is 600. The van der Waals surface area contributed by atoms with E-state index in [4.69, 9.17) is 9.47 Å². The molecule has 6 nitrogen and oxygen atoms in total. The Labute approximate surface area is 142 Å². The van der Waals surface area contributed by atoms with E-state index in [1.807, 2.05) is 30.7 Å². The first-order valence-electron chi connectivity index (χ1n) is 8.36. The van der Waals surface area contributed by atoms with E-state index in [0.29, 0.717) is 18.5 Å². The van der Waals surface area contributed by atoms with E-state index in [-0.39, 0.29) is 0 Å². The van der Waals surface area contributed by atoms with Gasteiger partial charge in [-0.1, -0.05) is 6.07 Å². The smallest absolute Gasteiger partial charge is 0.153 e. The molecule has 3 heterocycles. The summed E-state index contributed by atoms with van der Waals surface area (Å²) in [5.41, 5.74) is 2.15. The van der Waals surface area contributed by atoms with Gasteiger partial charge in [-0.05, 0) is 25.0 Å². The van der Waals surface area contributed by atoms with Gasteiger partial charge in [0, 0.05) is 57.5 Å². The average Bonchev–Trinajstić information content (AvgIpc) is 3.11. The highest BCUT2D eigenvalue weighted by Crippen LogP contribution is 2.16. The number of rotatable bonds is 8. The van der Waals surface area contributed by atoms with Gasteiger partial charge in [0.15, 0.2) is 5.82 Å². The Balaban J connectivity index is 1.66. The number of methoxy groups -OCH3 is 1. The maximum Gasteiger partial charge on any atom is 0.153 e. The molecule has 0 unspecified atom stereocenters. The fraction of sp³-hybridized carbons (Fsp3) is 0.500. The molecule has 1 atom stereocenters. The molecule has 1 aliphatic heterocycles. The third-order valence-electron chi connectivity index (χ3n) is 4.04. The number of nitrogens with zero attached hydrogens (tertiary/aromatic N) is 4. The second-order valence-electron chi connectivity index (χ2n) is 6.07. The molecule has 0 amide bonds. The summed E-state index contributed by atoms with van der Waals surface area (Å²) >= 11 is 0. The van der Waals surface area contributed by atoms with E-state index in [0.717, 1.165) is 50.3 Å². The van der Waals surface area contributed by atoms with Gasteiger partial charge in [0.1, 0.15) is 6.61 Å². The molecule has 0 radical (unpaired) electrons. The minimum absolute atomic E-state index is 0.308. The first kappa shape index (κ1) is 17.0.